The average molecular weight is 281 g/mol. The van der Waals surface area contributed by atoms with Gasteiger partial charge in [-0.1, -0.05) is 74.4 Å². The zero-order chi connectivity index (χ0) is 15.1. The molecule has 1 unspecified atom stereocenters. The van der Waals surface area contributed by atoms with Crippen LogP contribution in [0.15, 0.2) is 54.6 Å². The molecule has 1 nitrogen and oxygen atoms in total. The fourth-order valence-electron chi connectivity index (χ4n) is 2.90. The van der Waals surface area contributed by atoms with E-state index in [-0.39, 0.29) is 0 Å². The summed E-state index contributed by atoms with van der Waals surface area (Å²) in [6, 6.07) is 20.3. The third-order valence-corrected chi connectivity index (χ3v) is 4.15. The molecule has 0 saturated heterocycles. The number of benzene rings is 2. The summed E-state index contributed by atoms with van der Waals surface area (Å²) in [6.07, 6.45) is 3.69. The van der Waals surface area contributed by atoms with Gasteiger partial charge < -0.3 is 5.32 Å². The fourth-order valence-corrected chi connectivity index (χ4v) is 2.90. The summed E-state index contributed by atoms with van der Waals surface area (Å²) in [7, 11) is 0. The minimum absolute atomic E-state index is 0.369. The Bertz CT molecular complexity index is 533. The number of unbranched alkanes of at least 4 members (excludes halogenated alkanes) is 1. The number of hydrogen-bond donors (Lipinski definition) is 1. The van der Waals surface area contributed by atoms with Crippen LogP contribution in [0.25, 0.3) is 0 Å². The van der Waals surface area contributed by atoms with E-state index < -0.39 is 0 Å². The molecule has 21 heavy (non-hydrogen) atoms. The van der Waals surface area contributed by atoms with Crippen LogP contribution in [-0.4, -0.2) is 0 Å². The lowest BCUT2D eigenvalue weighted by molar-refractivity contribution is 0.430. The lowest BCUT2D eigenvalue weighted by atomic mass is 9.97. The third kappa shape index (κ3) is 4.44. The van der Waals surface area contributed by atoms with Crippen LogP contribution in [0, 0.1) is 6.92 Å². The van der Waals surface area contributed by atoms with E-state index in [9.17, 15) is 0 Å². The van der Waals surface area contributed by atoms with Gasteiger partial charge in [-0.15, -0.1) is 0 Å². The molecule has 0 fully saturated rings. The van der Waals surface area contributed by atoms with E-state index in [0.29, 0.717) is 12.1 Å². The van der Waals surface area contributed by atoms with Gasteiger partial charge in [-0.2, -0.15) is 0 Å². The normalized spacial score (nSPS) is 13.9. The van der Waals surface area contributed by atoms with Crippen LogP contribution in [0.5, 0.6) is 0 Å². The summed E-state index contributed by atoms with van der Waals surface area (Å²) in [5.74, 6) is 0. The molecule has 0 aliphatic heterocycles. The SMILES string of the molecule is CCCCC(N[C@@H](C)c1ccccc1C)c1ccccc1. The Morgan fingerprint density at radius 3 is 2.29 bits per heavy atom. The number of nitrogens with one attached hydrogen (secondary N) is 1. The number of aryl methyl sites for hydroxylation is 1. The average Bonchev–Trinajstić information content (AvgIpc) is 2.52. The molecule has 2 rings (SSSR count). The Morgan fingerprint density at radius 2 is 1.62 bits per heavy atom. The van der Waals surface area contributed by atoms with Gasteiger partial charge in [0, 0.05) is 12.1 Å². The van der Waals surface area contributed by atoms with Crippen molar-refractivity contribution in [3.05, 3.63) is 71.3 Å². The van der Waals surface area contributed by atoms with Gasteiger partial charge in [-0.25, -0.2) is 0 Å². The van der Waals surface area contributed by atoms with Gasteiger partial charge in [0.2, 0.25) is 0 Å². The van der Waals surface area contributed by atoms with Crippen molar-refractivity contribution in [2.45, 2.75) is 52.1 Å². The molecule has 0 aliphatic rings. The molecule has 0 radical (unpaired) electrons. The van der Waals surface area contributed by atoms with Gasteiger partial charge >= 0.3 is 0 Å². The lowest BCUT2D eigenvalue weighted by Crippen LogP contribution is -2.25. The monoisotopic (exact) mass is 281 g/mol. The van der Waals surface area contributed by atoms with Crippen molar-refractivity contribution in [3.63, 3.8) is 0 Å². The van der Waals surface area contributed by atoms with Crippen LogP contribution >= 0.6 is 0 Å². The quantitative estimate of drug-likeness (QED) is 0.699. The van der Waals surface area contributed by atoms with Crippen molar-refractivity contribution in [2.24, 2.45) is 0 Å². The molecule has 1 N–H and O–H groups in total. The predicted octanol–water partition coefficient (Wildman–Crippen LogP) is 5.58. The lowest BCUT2D eigenvalue weighted by Gasteiger charge is -2.25. The minimum atomic E-state index is 0.369. The molecule has 0 bridgehead atoms. The first-order chi connectivity index (χ1) is 10.2. The highest BCUT2D eigenvalue weighted by Crippen LogP contribution is 2.25. The first-order valence-electron chi connectivity index (χ1n) is 8.09. The van der Waals surface area contributed by atoms with E-state index in [4.69, 9.17) is 0 Å². The van der Waals surface area contributed by atoms with E-state index in [1.54, 1.807) is 0 Å². The zero-order valence-corrected chi connectivity index (χ0v) is 13.5. The van der Waals surface area contributed by atoms with Crippen LogP contribution < -0.4 is 5.32 Å². The van der Waals surface area contributed by atoms with E-state index in [1.807, 2.05) is 0 Å². The second-order valence-electron chi connectivity index (χ2n) is 5.85. The Balaban J connectivity index is 2.13. The van der Waals surface area contributed by atoms with Gasteiger partial charge in [0.25, 0.3) is 0 Å². The Hall–Kier alpha value is -1.60. The summed E-state index contributed by atoms with van der Waals surface area (Å²) >= 11 is 0. The van der Waals surface area contributed by atoms with E-state index >= 15 is 0 Å². The summed E-state index contributed by atoms with van der Waals surface area (Å²) in [5.41, 5.74) is 4.15. The second-order valence-corrected chi connectivity index (χ2v) is 5.85. The third-order valence-electron chi connectivity index (χ3n) is 4.15. The van der Waals surface area contributed by atoms with Crippen LogP contribution in [0.4, 0.5) is 0 Å². The van der Waals surface area contributed by atoms with E-state index in [1.165, 1.54) is 36.0 Å². The van der Waals surface area contributed by atoms with Gasteiger partial charge in [0.1, 0.15) is 0 Å². The smallest absolute Gasteiger partial charge is 0.0325 e. The number of hydrogen-bond acceptors (Lipinski definition) is 1. The topological polar surface area (TPSA) is 12.0 Å². The molecule has 1 heteroatoms. The largest absolute Gasteiger partial charge is 0.303 e. The summed E-state index contributed by atoms with van der Waals surface area (Å²) in [4.78, 5) is 0. The molecule has 0 spiro atoms. The molecule has 0 saturated carbocycles. The Morgan fingerprint density at radius 1 is 0.952 bits per heavy atom. The molecule has 0 aromatic heterocycles. The van der Waals surface area contributed by atoms with Crippen LogP contribution in [0.3, 0.4) is 0 Å². The maximum Gasteiger partial charge on any atom is 0.0325 e. The van der Waals surface area contributed by atoms with Crippen molar-refractivity contribution < 1.29 is 0 Å². The molecule has 0 aliphatic carbocycles. The second kappa shape index (κ2) is 7.99. The molecule has 0 heterocycles. The van der Waals surface area contributed by atoms with E-state index in [2.05, 4.69) is 80.7 Å². The van der Waals surface area contributed by atoms with Gasteiger partial charge in [0.05, 0.1) is 0 Å². The highest BCUT2D eigenvalue weighted by molar-refractivity contribution is 5.29. The molecular formula is C20H27N. The van der Waals surface area contributed by atoms with Crippen molar-refractivity contribution in [3.8, 4) is 0 Å². The van der Waals surface area contributed by atoms with Crippen LogP contribution in [0.1, 0.15) is 61.9 Å². The van der Waals surface area contributed by atoms with E-state index in [0.717, 1.165) is 0 Å². The van der Waals surface area contributed by atoms with Gasteiger partial charge in [-0.05, 0) is 37.0 Å². The molecule has 0 amide bonds. The maximum atomic E-state index is 3.83. The molecule has 2 atom stereocenters. The molecule has 112 valence electrons. The molecular weight excluding hydrogens is 254 g/mol. The Kier molecular flexibility index (Phi) is 6.01. The zero-order valence-electron chi connectivity index (χ0n) is 13.5. The fraction of sp³-hybridized carbons (Fsp3) is 0.400. The number of rotatable bonds is 7. The molecule has 2 aromatic carbocycles. The standard InChI is InChI=1S/C20H27N/c1-4-5-15-20(18-12-7-6-8-13-18)21-17(3)19-14-10-9-11-16(19)2/h6-14,17,20-21H,4-5,15H2,1-3H3/t17-,20?/m0/s1. The van der Waals surface area contributed by atoms with Crippen LogP contribution in [0.2, 0.25) is 0 Å². The maximum absolute atomic E-state index is 3.83. The molecule has 2 aromatic rings. The van der Waals surface area contributed by atoms with Crippen molar-refractivity contribution in [1.82, 2.24) is 5.32 Å². The van der Waals surface area contributed by atoms with Crippen molar-refractivity contribution in [2.75, 3.05) is 0 Å². The predicted molar refractivity (Wildman–Crippen MR) is 91.4 cm³/mol. The summed E-state index contributed by atoms with van der Waals surface area (Å²) in [6.45, 7) is 6.72. The summed E-state index contributed by atoms with van der Waals surface area (Å²) < 4.78 is 0. The highest BCUT2D eigenvalue weighted by atomic mass is 14.9. The highest BCUT2D eigenvalue weighted by Gasteiger charge is 2.15. The van der Waals surface area contributed by atoms with Gasteiger partial charge in [0.15, 0.2) is 0 Å². The summed E-state index contributed by atoms with van der Waals surface area (Å²) in [5, 5.41) is 3.83. The van der Waals surface area contributed by atoms with Crippen molar-refractivity contribution in [1.29, 1.82) is 0 Å². The first kappa shape index (κ1) is 15.8. The van der Waals surface area contributed by atoms with Crippen molar-refractivity contribution >= 4 is 0 Å². The van der Waals surface area contributed by atoms with Crippen LogP contribution in [-0.2, 0) is 0 Å². The minimum Gasteiger partial charge on any atom is -0.303 e. The van der Waals surface area contributed by atoms with Gasteiger partial charge in [-0.3, -0.25) is 0 Å². The Labute approximate surface area is 129 Å². The first-order valence-corrected chi connectivity index (χ1v) is 8.09.